The second-order valence-electron chi connectivity index (χ2n) is 6.89. The molecule has 2 N–H and O–H groups in total. The van der Waals surface area contributed by atoms with Crippen molar-refractivity contribution < 1.29 is 28.6 Å². The van der Waals surface area contributed by atoms with Crippen molar-refractivity contribution in [1.29, 1.82) is 0 Å². The second kappa shape index (κ2) is 10.8. The molecule has 0 bridgehead atoms. The average Bonchev–Trinajstić information content (AvgIpc) is 2.82. The van der Waals surface area contributed by atoms with Crippen LogP contribution >= 0.6 is 22.6 Å². The fourth-order valence-electron chi connectivity index (χ4n) is 2.80. The van der Waals surface area contributed by atoms with Crippen LogP contribution in [0.1, 0.15) is 31.8 Å². The average molecular weight is 558 g/mol. The van der Waals surface area contributed by atoms with Crippen molar-refractivity contribution in [2.24, 2.45) is 0 Å². The Bertz CT molecular complexity index is 1220. The van der Waals surface area contributed by atoms with Crippen LogP contribution in [0.25, 0.3) is 0 Å². The summed E-state index contributed by atoms with van der Waals surface area (Å²) in [5.74, 6) is -0.885. The van der Waals surface area contributed by atoms with Crippen LogP contribution in [-0.2, 0) is 0 Å². The molecule has 4 nitrogen and oxygen atoms in total. The Labute approximate surface area is 202 Å². The molecule has 0 saturated heterocycles. The summed E-state index contributed by atoms with van der Waals surface area (Å²) < 4.78 is 26.0. The Kier molecular flexibility index (Phi) is 7.89. The molecule has 0 unspecified atom stereocenters. The Balaban J connectivity index is 0.000000186. The molecule has 7 heteroatoms. The molecule has 33 heavy (non-hydrogen) atoms. The summed E-state index contributed by atoms with van der Waals surface area (Å²) in [5.41, 5.74) is 1.78. The van der Waals surface area contributed by atoms with Crippen LogP contribution in [0, 0.1) is 15.2 Å². The first kappa shape index (κ1) is 24.1. The van der Waals surface area contributed by atoms with E-state index in [0.29, 0.717) is 25.8 Å². The fraction of sp³-hybridized carbons (Fsp3) is 0. The molecular weight excluding hydrogens is 541 g/mol. The molecule has 0 aliphatic carbocycles. The van der Waals surface area contributed by atoms with Gasteiger partial charge >= 0.3 is 0 Å². The second-order valence-corrected chi connectivity index (χ2v) is 8.05. The van der Waals surface area contributed by atoms with Gasteiger partial charge in [0.1, 0.15) is 23.1 Å². The maximum Gasteiger partial charge on any atom is 0.193 e. The Hall–Kier alpha value is -3.59. The smallest absolute Gasteiger partial charge is 0.193 e. The Morgan fingerprint density at radius 2 is 0.939 bits per heavy atom. The largest absolute Gasteiger partial charge is 0.508 e. The maximum absolute atomic E-state index is 12.7. The Morgan fingerprint density at radius 3 is 1.36 bits per heavy atom. The van der Waals surface area contributed by atoms with Gasteiger partial charge < -0.3 is 10.2 Å². The van der Waals surface area contributed by atoms with Crippen molar-refractivity contribution in [2.45, 2.75) is 0 Å². The molecule has 166 valence electrons. The molecule has 0 atom stereocenters. The van der Waals surface area contributed by atoms with Gasteiger partial charge in [-0.3, -0.25) is 9.59 Å². The van der Waals surface area contributed by atoms with Crippen molar-refractivity contribution in [1.82, 2.24) is 0 Å². The molecule has 4 rings (SSSR count). The van der Waals surface area contributed by atoms with E-state index in [1.807, 2.05) is 22.6 Å². The molecule has 0 radical (unpaired) electrons. The zero-order valence-corrected chi connectivity index (χ0v) is 19.2. The van der Waals surface area contributed by atoms with Gasteiger partial charge in [-0.1, -0.05) is 0 Å². The van der Waals surface area contributed by atoms with Crippen LogP contribution in [0.2, 0.25) is 0 Å². The van der Waals surface area contributed by atoms with E-state index in [1.165, 1.54) is 78.9 Å². The third kappa shape index (κ3) is 6.45. The normalized spacial score (nSPS) is 10.2. The zero-order valence-electron chi connectivity index (χ0n) is 17.0. The SMILES string of the molecule is O=C(c1ccc(F)cc1)c1ccc(O)c(I)c1.O=C(c1ccc(O)cc1)c1ccc(F)cc1. The van der Waals surface area contributed by atoms with Crippen molar-refractivity contribution in [3.8, 4) is 11.5 Å². The molecule has 0 aliphatic heterocycles. The molecule has 0 heterocycles. The number of aromatic hydroxyl groups is 2. The van der Waals surface area contributed by atoms with Crippen LogP contribution in [-0.4, -0.2) is 21.8 Å². The minimum atomic E-state index is -0.373. The van der Waals surface area contributed by atoms with Crippen molar-refractivity contribution in [3.05, 3.63) is 128 Å². The first-order chi connectivity index (χ1) is 15.7. The van der Waals surface area contributed by atoms with Crippen LogP contribution in [0.4, 0.5) is 8.78 Å². The number of hydrogen-bond donors (Lipinski definition) is 2. The third-order valence-electron chi connectivity index (χ3n) is 4.55. The van der Waals surface area contributed by atoms with Crippen LogP contribution in [0.3, 0.4) is 0 Å². The quantitative estimate of drug-likeness (QED) is 0.234. The maximum atomic E-state index is 12.7. The van der Waals surface area contributed by atoms with Gasteiger partial charge in [-0.05, 0) is 114 Å². The molecule has 0 aromatic heterocycles. The predicted molar refractivity (Wildman–Crippen MR) is 129 cm³/mol. The number of halogens is 3. The standard InChI is InChI=1S/C13H8FIO2.C13H9FO2/c14-10-4-1-8(2-5-10)13(17)9-3-6-12(16)11(15)7-9;14-11-5-1-9(2-6-11)13(16)10-3-7-12(15)8-4-10/h1-7,16H;1-8,15H. The number of ketones is 2. The van der Waals surface area contributed by atoms with E-state index in [4.69, 9.17) is 5.11 Å². The highest BCUT2D eigenvalue weighted by atomic mass is 127. The van der Waals surface area contributed by atoms with Crippen LogP contribution in [0.15, 0.2) is 91.0 Å². The van der Waals surface area contributed by atoms with Crippen molar-refractivity contribution >= 4 is 34.2 Å². The highest BCUT2D eigenvalue weighted by Gasteiger charge is 2.11. The number of phenols is 2. The molecule has 4 aromatic carbocycles. The third-order valence-corrected chi connectivity index (χ3v) is 5.42. The highest BCUT2D eigenvalue weighted by molar-refractivity contribution is 14.1. The lowest BCUT2D eigenvalue weighted by molar-refractivity contribution is 0.103. The van der Waals surface area contributed by atoms with E-state index in [1.54, 1.807) is 12.1 Å². The van der Waals surface area contributed by atoms with E-state index in [9.17, 15) is 23.5 Å². The number of phenolic OH excluding ortho intramolecular Hbond substituents is 2. The number of hydrogen-bond acceptors (Lipinski definition) is 4. The number of carbonyl (C=O) groups excluding carboxylic acids is 2. The van der Waals surface area contributed by atoms with Gasteiger partial charge in [-0.25, -0.2) is 8.78 Å². The molecule has 4 aromatic rings. The molecule has 0 fully saturated rings. The molecule has 0 saturated carbocycles. The monoisotopic (exact) mass is 558 g/mol. The molecule has 0 amide bonds. The number of rotatable bonds is 4. The minimum Gasteiger partial charge on any atom is -0.508 e. The lowest BCUT2D eigenvalue weighted by Crippen LogP contribution is -2.01. The lowest BCUT2D eigenvalue weighted by atomic mass is 10.0. The van der Waals surface area contributed by atoms with E-state index in [-0.39, 0.29) is 34.7 Å². The zero-order chi connectivity index (χ0) is 24.0. The summed E-state index contributed by atoms with van der Waals surface area (Å²) in [4.78, 5) is 23.9. The van der Waals surface area contributed by atoms with Crippen LogP contribution < -0.4 is 0 Å². The van der Waals surface area contributed by atoms with Gasteiger partial charge in [0.2, 0.25) is 0 Å². The summed E-state index contributed by atoms with van der Waals surface area (Å²) in [7, 11) is 0. The van der Waals surface area contributed by atoms with Crippen molar-refractivity contribution in [2.75, 3.05) is 0 Å². The number of carbonyl (C=O) groups is 2. The highest BCUT2D eigenvalue weighted by Crippen LogP contribution is 2.22. The summed E-state index contributed by atoms with van der Waals surface area (Å²) >= 11 is 1.95. The van der Waals surface area contributed by atoms with Gasteiger partial charge in [0.15, 0.2) is 11.6 Å². The fourth-order valence-corrected chi connectivity index (χ4v) is 3.31. The predicted octanol–water partition coefficient (Wildman–Crippen LogP) is 6.13. The minimum absolute atomic E-state index is 0.107. The van der Waals surface area contributed by atoms with E-state index in [0.717, 1.165) is 0 Å². The summed E-state index contributed by atoms with van der Waals surface area (Å²) in [6.45, 7) is 0. The Morgan fingerprint density at radius 1 is 0.576 bits per heavy atom. The molecular formula is C26H17F2IO4. The summed E-state index contributed by atoms with van der Waals surface area (Å²) in [6.07, 6.45) is 0. The number of benzene rings is 4. The van der Waals surface area contributed by atoms with Gasteiger partial charge in [-0.15, -0.1) is 0 Å². The van der Waals surface area contributed by atoms with Gasteiger partial charge in [0.05, 0.1) is 3.57 Å². The topological polar surface area (TPSA) is 74.6 Å². The van der Waals surface area contributed by atoms with Crippen molar-refractivity contribution in [3.63, 3.8) is 0 Å². The lowest BCUT2D eigenvalue weighted by Gasteiger charge is -2.03. The van der Waals surface area contributed by atoms with E-state index in [2.05, 4.69) is 0 Å². The summed E-state index contributed by atoms with van der Waals surface area (Å²) in [6, 6.07) is 21.3. The van der Waals surface area contributed by atoms with Crippen LogP contribution in [0.5, 0.6) is 11.5 Å². The summed E-state index contributed by atoms with van der Waals surface area (Å²) in [5, 5.41) is 18.4. The first-order valence-electron chi connectivity index (χ1n) is 9.62. The first-order valence-corrected chi connectivity index (χ1v) is 10.7. The van der Waals surface area contributed by atoms with Gasteiger partial charge in [0.25, 0.3) is 0 Å². The molecule has 0 spiro atoms. The molecule has 0 aliphatic rings. The van der Waals surface area contributed by atoms with E-state index < -0.39 is 0 Å². The van der Waals surface area contributed by atoms with E-state index >= 15 is 0 Å². The van der Waals surface area contributed by atoms with Gasteiger partial charge in [-0.2, -0.15) is 0 Å². The van der Waals surface area contributed by atoms with Gasteiger partial charge in [0, 0.05) is 22.3 Å².